The molecule has 0 unspecified atom stereocenters. The first-order valence-electron chi connectivity index (χ1n) is 7.27. The van der Waals surface area contributed by atoms with Crippen LogP contribution in [0.25, 0.3) is 6.08 Å². The van der Waals surface area contributed by atoms with E-state index < -0.39 is 5.91 Å². The average Bonchev–Trinajstić information content (AvgIpc) is 2.56. The summed E-state index contributed by atoms with van der Waals surface area (Å²) in [6, 6.07) is 15.7. The lowest BCUT2D eigenvalue weighted by atomic mass is 10.1. The number of benzene rings is 2. The zero-order chi connectivity index (χ0) is 17.5. The second-order valence-electron chi connectivity index (χ2n) is 5.27. The fourth-order valence-electron chi connectivity index (χ4n) is 1.93. The van der Waals surface area contributed by atoms with E-state index in [4.69, 9.17) is 11.6 Å². The minimum atomic E-state index is -0.417. The monoisotopic (exact) mass is 343 g/mol. The van der Waals surface area contributed by atoms with Crippen LogP contribution in [0.4, 0.5) is 0 Å². The first kappa shape index (κ1) is 17.7. The molecule has 124 valence electrons. The molecule has 2 N–H and O–H groups in total. The van der Waals surface area contributed by atoms with Gasteiger partial charge in [0.15, 0.2) is 0 Å². The third-order valence-electron chi connectivity index (χ3n) is 3.03. The number of hydrazine groups is 1. The van der Waals surface area contributed by atoms with Crippen molar-refractivity contribution in [2.45, 2.75) is 0 Å². The molecule has 0 aromatic heterocycles. The van der Waals surface area contributed by atoms with Crippen LogP contribution in [-0.2, 0) is 4.79 Å². The molecule has 6 heteroatoms. The lowest BCUT2D eigenvalue weighted by Crippen LogP contribution is -2.41. The Labute approximate surface area is 145 Å². The molecule has 24 heavy (non-hydrogen) atoms. The summed E-state index contributed by atoms with van der Waals surface area (Å²) in [4.78, 5) is 24.7. The van der Waals surface area contributed by atoms with Crippen molar-refractivity contribution in [3.05, 3.63) is 76.4 Å². The summed E-state index contributed by atoms with van der Waals surface area (Å²) in [5, 5.41) is 4.76. The van der Waals surface area contributed by atoms with Crippen molar-refractivity contribution < 1.29 is 9.59 Å². The Bertz CT molecular complexity index is 741. The third-order valence-corrected chi connectivity index (χ3v) is 3.29. The smallest absolute Gasteiger partial charge is 0.282 e. The number of hydrogen-bond acceptors (Lipinski definition) is 3. The molecule has 0 heterocycles. The highest BCUT2D eigenvalue weighted by Gasteiger charge is 2.15. The first-order valence-corrected chi connectivity index (χ1v) is 7.65. The molecule has 2 aromatic rings. The summed E-state index contributed by atoms with van der Waals surface area (Å²) in [5.41, 5.74) is 3.97. The van der Waals surface area contributed by atoms with Crippen LogP contribution in [0.15, 0.2) is 60.3 Å². The van der Waals surface area contributed by atoms with Gasteiger partial charge in [-0.15, -0.1) is 0 Å². The molecule has 0 atom stereocenters. The van der Waals surface area contributed by atoms with Gasteiger partial charge in [0.2, 0.25) is 0 Å². The second kappa shape index (κ2) is 8.29. The van der Waals surface area contributed by atoms with Crippen LogP contribution in [0.1, 0.15) is 15.9 Å². The maximum Gasteiger partial charge on any atom is 0.282 e. The minimum Gasteiger partial charge on any atom is -0.317 e. The van der Waals surface area contributed by atoms with E-state index in [1.54, 1.807) is 68.7 Å². The number of halogens is 1. The summed E-state index contributed by atoms with van der Waals surface area (Å²) >= 11 is 5.87. The van der Waals surface area contributed by atoms with E-state index in [0.29, 0.717) is 10.6 Å². The van der Waals surface area contributed by atoms with Crippen molar-refractivity contribution in [2.75, 3.05) is 14.1 Å². The summed E-state index contributed by atoms with van der Waals surface area (Å²) in [6.07, 6.45) is 1.59. The lowest BCUT2D eigenvalue weighted by molar-refractivity contribution is -0.121. The maximum absolute atomic E-state index is 12.3. The molecule has 2 rings (SSSR count). The Balaban J connectivity index is 2.27. The number of nitrogens with zero attached hydrogens (tertiary/aromatic N) is 1. The fourth-order valence-corrected chi connectivity index (χ4v) is 2.06. The van der Waals surface area contributed by atoms with Crippen LogP contribution in [0.5, 0.6) is 0 Å². The van der Waals surface area contributed by atoms with Gasteiger partial charge in [0.25, 0.3) is 11.8 Å². The predicted octanol–water partition coefficient (Wildman–Crippen LogP) is 2.70. The summed E-state index contributed by atoms with van der Waals surface area (Å²) < 4.78 is 0. The van der Waals surface area contributed by atoms with Gasteiger partial charge in [-0.05, 0) is 35.9 Å². The predicted molar refractivity (Wildman–Crippen MR) is 95.2 cm³/mol. The molecule has 0 aliphatic carbocycles. The molecule has 2 amide bonds. The lowest BCUT2D eigenvalue weighted by Gasteiger charge is -2.15. The number of carbonyl (C=O) groups excluding carboxylic acids is 2. The zero-order valence-corrected chi connectivity index (χ0v) is 14.2. The van der Waals surface area contributed by atoms with Crippen LogP contribution >= 0.6 is 11.6 Å². The molecule has 0 saturated carbocycles. The van der Waals surface area contributed by atoms with E-state index in [1.165, 1.54) is 5.01 Å². The van der Waals surface area contributed by atoms with E-state index >= 15 is 0 Å². The van der Waals surface area contributed by atoms with Gasteiger partial charge in [-0.2, -0.15) is 0 Å². The maximum atomic E-state index is 12.3. The fraction of sp³-hybridized carbons (Fsp3) is 0.111. The Hall–Kier alpha value is -2.63. The Morgan fingerprint density at radius 3 is 2.21 bits per heavy atom. The SMILES string of the molecule is CN(C)NC(=O)C(=Cc1ccc(Cl)cc1)NC(=O)c1ccccc1. The number of hydrogen-bond donors (Lipinski definition) is 2. The topological polar surface area (TPSA) is 61.4 Å². The van der Waals surface area contributed by atoms with E-state index in [0.717, 1.165) is 5.56 Å². The van der Waals surface area contributed by atoms with Crippen molar-refractivity contribution in [3.8, 4) is 0 Å². The van der Waals surface area contributed by atoms with Gasteiger partial charge in [-0.1, -0.05) is 41.9 Å². The van der Waals surface area contributed by atoms with E-state index in [1.807, 2.05) is 6.07 Å². The number of carbonyl (C=O) groups is 2. The van der Waals surface area contributed by atoms with Crippen LogP contribution < -0.4 is 10.7 Å². The normalized spacial score (nSPS) is 11.2. The summed E-state index contributed by atoms with van der Waals surface area (Å²) in [7, 11) is 3.38. The van der Waals surface area contributed by atoms with Gasteiger partial charge < -0.3 is 5.32 Å². The van der Waals surface area contributed by atoms with Gasteiger partial charge in [-0.25, -0.2) is 5.01 Å². The molecule has 2 aromatic carbocycles. The number of nitrogens with one attached hydrogen (secondary N) is 2. The van der Waals surface area contributed by atoms with Gasteiger partial charge in [0.1, 0.15) is 5.70 Å². The average molecular weight is 344 g/mol. The standard InChI is InChI=1S/C18H18ClN3O2/c1-22(2)21-18(24)16(12-13-8-10-15(19)11-9-13)20-17(23)14-6-4-3-5-7-14/h3-12H,1-2H3,(H,20,23)(H,21,24). The summed E-state index contributed by atoms with van der Waals surface area (Å²) in [5.74, 6) is -0.774. The molecule has 0 saturated heterocycles. The molecule has 0 radical (unpaired) electrons. The number of amides is 2. The molecule has 0 spiro atoms. The van der Waals surface area contributed by atoms with Crippen molar-refractivity contribution in [3.63, 3.8) is 0 Å². The molecular formula is C18H18ClN3O2. The van der Waals surface area contributed by atoms with Crippen molar-refractivity contribution in [1.82, 2.24) is 15.8 Å². The van der Waals surface area contributed by atoms with Gasteiger partial charge >= 0.3 is 0 Å². The van der Waals surface area contributed by atoms with Crippen LogP contribution in [0, 0.1) is 0 Å². The van der Waals surface area contributed by atoms with Crippen LogP contribution in [0.3, 0.4) is 0 Å². The largest absolute Gasteiger partial charge is 0.317 e. The molecule has 5 nitrogen and oxygen atoms in total. The van der Waals surface area contributed by atoms with Gasteiger partial charge in [0, 0.05) is 24.7 Å². The molecule has 0 aliphatic heterocycles. The summed E-state index contributed by atoms with van der Waals surface area (Å²) in [6.45, 7) is 0. The van der Waals surface area contributed by atoms with Gasteiger partial charge in [0.05, 0.1) is 0 Å². The van der Waals surface area contributed by atoms with E-state index in [9.17, 15) is 9.59 Å². The van der Waals surface area contributed by atoms with E-state index in [-0.39, 0.29) is 11.6 Å². The Morgan fingerprint density at radius 2 is 1.62 bits per heavy atom. The van der Waals surface area contributed by atoms with Gasteiger partial charge in [-0.3, -0.25) is 15.0 Å². The van der Waals surface area contributed by atoms with Crippen molar-refractivity contribution >= 4 is 29.5 Å². The highest BCUT2D eigenvalue weighted by molar-refractivity contribution is 6.30. The van der Waals surface area contributed by atoms with Crippen LogP contribution in [-0.4, -0.2) is 30.9 Å². The minimum absolute atomic E-state index is 0.139. The Kier molecular flexibility index (Phi) is 6.12. The molecule has 0 aliphatic rings. The molecule has 0 fully saturated rings. The quantitative estimate of drug-likeness (QED) is 0.648. The Morgan fingerprint density at radius 1 is 1.00 bits per heavy atom. The second-order valence-corrected chi connectivity index (χ2v) is 5.70. The first-order chi connectivity index (χ1) is 11.5. The zero-order valence-electron chi connectivity index (χ0n) is 13.4. The highest BCUT2D eigenvalue weighted by Crippen LogP contribution is 2.12. The molecular weight excluding hydrogens is 326 g/mol. The van der Waals surface area contributed by atoms with Crippen molar-refractivity contribution in [2.24, 2.45) is 0 Å². The van der Waals surface area contributed by atoms with Crippen LogP contribution in [0.2, 0.25) is 5.02 Å². The van der Waals surface area contributed by atoms with Crippen molar-refractivity contribution in [1.29, 1.82) is 0 Å². The van der Waals surface area contributed by atoms with E-state index in [2.05, 4.69) is 10.7 Å². The highest BCUT2D eigenvalue weighted by atomic mass is 35.5. The number of rotatable bonds is 5. The molecule has 0 bridgehead atoms. The third kappa shape index (κ3) is 5.22.